The summed E-state index contributed by atoms with van der Waals surface area (Å²) in [7, 11) is 0. The van der Waals surface area contributed by atoms with E-state index in [2.05, 4.69) is 22.9 Å². The summed E-state index contributed by atoms with van der Waals surface area (Å²) in [6.45, 7) is 6.73. The molecule has 2 rings (SSSR count). The van der Waals surface area contributed by atoms with E-state index in [4.69, 9.17) is 5.73 Å². The van der Waals surface area contributed by atoms with E-state index in [1.165, 1.54) is 44.3 Å². The molecular formula is C14H23N3. The van der Waals surface area contributed by atoms with Gasteiger partial charge in [0.25, 0.3) is 0 Å². The first kappa shape index (κ1) is 12.4. The molecule has 0 aliphatic carbocycles. The molecule has 2 heterocycles. The molecular weight excluding hydrogens is 210 g/mol. The molecule has 1 aromatic heterocycles. The van der Waals surface area contributed by atoms with E-state index in [0.29, 0.717) is 11.9 Å². The molecule has 1 aliphatic rings. The number of hydrogen-bond donors (Lipinski definition) is 1. The average Bonchev–Trinajstić information content (AvgIpc) is 2.78. The molecule has 1 unspecified atom stereocenters. The Balaban J connectivity index is 2.11. The summed E-state index contributed by atoms with van der Waals surface area (Å²) in [5.74, 6) is 0.659. The van der Waals surface area contributed by atoms with Crippen LogP contribution >= 0.6 is 0 Å². The molecule has 0 spiro atoms. The Hall–Kier alpha value is -1.09. The van der Waals surface area contributed by atoms with Gasteiger partial charge in [-0.25, -0.2) is 4.98 Å². The lowest BCUT2D eigenvalue weighted by molar-refractivity contribution is 0.253. The molecule has 1 aliphatic heterocycles. The minimum Gasteiger partial charge on any atom is -0.383 e. The molecule has 1 atom stereocenters. The molecule has 2 N–H and O–H groups in total. The lowest BCUT2D eigenvalue weighted by Crippen LogP contribution is -2.24. The molecule has 1 fully saturated rings. The van der Waals surface area contributed by atoms with Crippen molar-refractivity contribution >= 4 is 5.82 Å². The van der Waals surface area contributed by atoms with Crippen molar-refractivity contribution in [1.29, 1.82) is 0 Å². The largest absolute Gasteiger partial charge is 0.383 e. The third-order valence-corrected chi connectivity index (χ3v) is 3.69. The van der Waals surface area contributed by atoms with Crippen LogP contribution in [0.1, 0.15) is 49.8 Å². The highest BCUT2D eigenvalue weighted by molar-refractivity contribution is 5.40. The van der Waals surface area contributed by atoms with Gasteiger partial charge in [0.15, 0.2) is 0 Å². The molecule has 0 saturated carbocycles. The maximum atomic E-state index is 5.78. The number of anilines is 1. The van der Waals surface area contributed by atoms with Crippen molar-refractivity contribution in [3.63, 3.8) is 0 Å². The third-order valence-electron chi connectivity index (χ3n) is 3.69. The molecule has 3 heteroatoms. The minimum absolute atomic E-state index is 0.563. The van der Waals surface area contributed by atoms with Crippen molar-refractivity contribution in [2.75, 3.05) is 18.8 Å². The van der Waals surface area contributed by atoms with Crippen molar-refractivity contribution in [2.24, 2.45) is 0 Å². The Morgan fingerprint density at radius 2 is 2.35 bits per heavy atom. The van der Waals surface area contributed by atoms with Gasteiger partial charge in [-0.2, -0.15) is 0 Å². The second-order valence-electron chi connectivity index (χ2n) is 5.02. The molecule has 0 aromatic carbocycles. The van der Waals surface area contributed by atoms with Crippen molar-refractivity contribution in [2.45, 2.75) is 45.6 Å². The van der Waals surface area contributed by atoms with E-state index in [-0.39, 0.29) is 0 Å². The highest BCUT2D eigenvalue weighted by atomic mass is 15.2. The number of aromatic nitrogens is 1. The summed E-state index contributed by atoms with van der Waals surface area (Å²) in [6, 6.07) is 2.77. The van der Waals surface area contributed by atoms with E-state index in [0.717, 1.165) is 5.56 Å². The fraction of sp³-hybridized carbons (Fsp3) is 0.643. The molecule has 1 aromatic rings. The van der Waals surface area contributed by atoms with E-state index in [9.17, 15) is 0 Å². The fourth-order valence-electron chi connectivity index (χ4n) is 2.62. The van der Waals surface area contributed by atoms with E-state index < -0.39 is 0 Å². The minimum atomic E-state index is 0.563. The van der Waals surface area contributed by atoms with Crippen molar-refractivity contribution in [1.82, 2.24) is 9.88 Å². The van der Waals surface area contributed by atoms with Gasteiger partial charge in [0.05, 0.1) is 0 Å². The summed E-state index contributed by atoms with van der Waals surface area (Å²) in [5, 5.41) is 0. The van der Waals surface area contributed by atoms with Crippen LogP contribution in [0.3, 0.4) is 0 Å². The summed E-state index contributed by atoms with van der Waals surface area (Å²) in [5.41, 5.74) is 8.22. The Kier molecular flexibility index (Phi) is 4.00. The maximum Gasteiger partial charge on any atom is 0.126 e. The first-order valence-corrected chi connectivity index (χ1v) is 6.68. The maximum absolute atomic E-state index is 5.78. The van der Waals surface area contributed by atoms with Gasteiger partial charge in [0.1, 0.15) is 5.82 Å². The van der Waals surface area contributed by atoms with E-state index in [1.54, 1.807) is 0 Å². The van der Waals surface area contributed by atoms with Crippen molar-refractivity contribution in [3.8, 4) is 0 Å². The molecule has 17 heavy (non-hydrogen) atoms. The molecule has 3 nitrogen and oxygen atoms in total. The van der Waals surface area contributed by atoms with E-state index >= 15 is 0 Å². The van der Waals surface area contributed by atoms with Crippen LogP contribution in [-0.2, 0) is 0 Å². The van der Waals surface area contributed by atoms with Crippen LogP contribution in [0.25, 0.3) is 0 Å². The van der Waals surface area contributed by atoms with Gasteiger partial charge >= 0.3 is 0 Å². The number of nitrogen functional groups attached to an aromatic ring is 1. The number of pyridine rings is 1. The van der Waals surface area contributed by atoms with Crippen LogP contribution in [0, 0.1) is 6.92 Å². The highest BCUT2D eigenvalue weighted by Crippen LogP contribution is 2.32. The first-order chi connectivity index (χ1) is 8.22. The highest BCUT2D eigenvalue weighted by Gasteiger charge is 2.25. The monoisotopic (exact) mass is 233 g/mol. The number of unbranched alkanes of at least 4 members (excludes halogenated alkanes) is 1. The lowest BCUT2D eigenvalue weighted by Gasteiger charge is -2.24. The molecule has 94 valence electrons. The smallest absolute Gasteiger partial charge is 0.126 e. The molecule has 0 radical (unpaired) electrons. The normalized spacial score (nSPS) is 20.9. The topological polar surface area (TPSA) is 42.2 Å². The van der Waals surface area contributed by atoms with Crippen LogP contribution in [-0.4, -0.2) is 23.0 Å². The summed E-state index contributed by atoms with van der Waals surface area (Å²) in [6.07, 6.45) is 7.07. The zero-order chi connectivity index (χ0) is 12.3. The van der Waals surface area contributed by atoms with Gasteiger partial charge in [-0.15, -0.1) is 0 Å². The van der Waals surface area contributed by atoms with Crippen molar-refractivity contribution < 1.29 is 0 Å². The van der Waals surface area contributed by atoms with Crippen LogP contribution in [0.5, 0.6) is 0 Å². The quantitative estimate of drug-likeness (QED) is 0.869. The number of nitrogens with zero attached hydrogens (tertiary/aromatic N) is 2. The molecule has 0 bridgehead atoms. The van der Waals surface area contributed by atoms with Gasteiger partial charge < -0.3 is 5.73 Å². The van der Waals surface area contributed by atoms with Gasteiger partial charge in [0, 0.05) is 12.2 Å². The van der Waals surface area contributed by atoms with Crippen LogP contribution < -0.4 is 5.73 Å². The number of nitrogens with two attached hydrogens (primary N) is 1. The van der Waals surface area contributed by atoms with E-state index in [1.807, 2.05) is 13.1 Å². The third kappa shape index (κ3) is 2.78. The van der Waals surface area contributed by atoms with Gasteiger partial charge in [-0.3, -0.25) is 4.90 Å². The Bertz CT molecular complexity index is 376. The SMILES string of the molecule is CCCCN1CCCC1c1cnc(N)c(C)c1. The Labute approximate surface area is 104 Å². The predicted molar refractivity (Wildman–Crippen MR) is 71.8 cm³/mol. The van der Waals surface area contributed by atoms with Gasteiger partial charge in [0.2, 0.25) is 0 Å². The lowest BCUT2D eigenvalue weighted by atomic mass is 10.0. The summed E-state index contributed by atoms with van der Waals surface area (Å²) < 4.78 is 0. The van der Waals surface area contributed by atoms with Gasteiger partial charge in [-0.1, -0.05) is 13.3 Å². The second kappa shape index (κ2) is 5.50. The Morgan fingerprint density at radius 3 is 3.06 bits per heavy atom. The number of aryl methyl sites for hydroxylation is 1. The van der Waals surface area contributed by atoms with Gasteiger partial charge in [-0.05, 0) is 56.5 Å². The van der Waals surface area contributed by atoms with Crippen LogP contribution in [0.15, 0.2) is 12.3 Å². The zero-order valence-corrected chi connectivity index (χ0v) is 10.9. The Morgan fingerprint density at radius 1 is 1.53 bits per heavy atom. The molecule has 0 amide bonds. The summed E-state index contributed by atoms with van der Waals surface area (Å²) in [4.78, 5) is 6.88. The standard InChI is InChI=1S/C14H23N3/c1-3-4-7-17-8-5-6-13(17)12-9-11(2)14(15)16-10-12/h9-10,13H,3-8H2,1-2H3,(H2,15,16). The van der Waals surface area contributed by atoms with Crippen molar-refractivity contribution in [3.05, 3.63) is 23.4 Å². The number of hydrogen-bond acceptors (Lipinski definition) is 3. The first-order valence-electron chi connectivity index (χ1n) is 6.68. The van der Waals surface area contributed by atoms with Crippen LogP contribution in [0.4, 0.5) is 5.82 Å². The number of rotatable bonds is 4. The summed E-state index contributed by atoms with van der Waals surface area (Å²) >= 11 is 0. The zero-order valence-electron chi connectivity index (χ0n) is 10.9. The molecule has 1 saturated heterocycles. The van der Waals surface area contributed by atoms with Crippen LogP contribution in [0.2, 0.25) is 0 Å². The number of likely N-dealkylation sites (tertiary alicyclic amines) is 1. The average molecular weight is 233 g/mol. The predicted octanol–water partition coefficient (Wildman–Crippen LogP) is 2.91. The fourth-order valence-corrected chi connectivity index (χ4v) is 2.62. The second-order valence-corrected chi connectivity index (χ2v) is 5.02.